The van der Waals surface area contributed by atoms with Crippen molar-refractivity contribution in [3.05, 3.63) is 103 Å². The molecule has 2 heterocycles. The van der Waals surface area contributed by atoms with Crippen LogP contribution in [0.25, 0.3) is 33.2 Å². The van der Waals surface area contributed by atoms with Gasteiger partial charge >= 0.3 is 0 Å². The van der Waals surface area contributed by atoms with Crippen molar-refractivity contribution in [1.82, 2.24) is 15.3 Å². The number of nitrogens with zero attached hydrogens (tertiary/aromatic N) is 2. The third-order valence-electron chi connectivity index (χ3n) is 5.77. The Kier molecular flexibility index (Phi) is 5.51. The molecule has 164 valence electrons. The summed E-state index contributed by atoms with van der Waals surface area (Å²) in [5.41, 5.74) is 6.94. The fourth-order valence-electron chi connectivity index (χ4n) is 4.08. The lowest BCUT2D eigenvalue weighted by molar-refractivity contribution is 0.0963. The predicted molar refractivity (Wildman–Crippen MR) is 135 cm³/mol. The van der Waals surface area contributed by atoms with Crippen molar-refractivity contribution in [3.63, 3.8) is 0 Å². The van der Waals surface area contributed by atoms with E-state index in [0.29, 0.717) is 16.8 Å². The number of amides is 1. The Labute approximate surface area is 196 Å². The number of benzene rings is 3. The molecule has 0 aliphatic rings. The highest BCUT2D eigenvalue weighted by molar-refractivity contribution is 5.99. The van der Waals surface area contributed by atoms with Crippen molar-refractivity contribution in [3.8, 4) is 28.3 Å². The van der Waals surface area contributed by atoms with Gasteiger partial charge in [-0.1, -0.05) is 36.4 Å². The second-order valence-electron chi connectivity index (χ2n) is 7.83. The fraction of sp³-hybridized carbons (Fsp3) is 0.0357. The Hall–Kier alpha value is -4.89. The molecule has 2 aromatic heterocycles. The van der Waals surface area contributed by atoms with Crippen LogP contribution in [0.2, 0.25) is 0 Å². The Bertz CT molecular complexity index is 1550. The van der Waals surface area contributed by atoms with Crippen LogP contribution >= 0.6 is 0 Å². The Morgan fingerprint density at radius 2 is 1.79 bits per heavy atom. The summed E-state index contributed by atoms with van der Waals surface area (Å²) < 4.78 is 0. The van der Waals surface area contributed by atoms with Crippen LogP contribution < -0.4 is 10.6 Å². The largest absolute Gasteiger partial charge is 0.361 e. The number of aromatic amines is 1. The van der Waals surface area contributed by atoms with Crippen LogP contribution in [0.15, 0.2) is 91.4 Å². The summed E-state index contributed by atoms with van der Waals surface area (Å²) in [5.74, 6) is -0.183. The molecule has 0 bridgehead atoms. The number of H-pyrrole nitrogens is 1. The Morgan fingerprint density at radius 3 is 2.59 bits per heavy atom. The molecule has 0 saturated heterocycles. The topological polar surface area (TPSA) is 93.6 Å². The van der Waals surface area contributed by atoms with Crippen LogP contribution in [0, 0.1) is 11.3 Å². The zero-order valence-corrected chi connectivity index (χ0v) is 18.5. The highest BCUT2D eigenvalue weighted by atomic mass is 16.1. The average Bonchev–Trinajstić information content (AvgIpc) is 3.36. The van der Waals surface area contributed by atoms with Crippen LogP contribution in [0.3, 0.4) is 0 Å². The summed E-state index contributed by atoms with van der Waals surface area (Å²) in [7, 11) is 1.61. The second-order valence-corrected chi connectivity index (χ2v) is 7.83. The average molecular weight is 444 g/mol. The van der Waals surface area contributed by atoms with Gasteiger partial charge in [0, 0.05) is 53.4 Å². The highest BCUT2D eigenvalue weighted by Crippen LogP contribution is 2.39. The van der Waals surface area contributed by atoms with E-state index in [2.05, 4.69) is 26.7 Å². The van der Waals surface area contributed by atoms with E-state index >= 15 is 0 Å². The van der Waals surface area contributed by atoms with Crippen molar-refractivity contribution in [2.45, 2.75) is 0 Å². The maximum atomic E-state index is 12.4. The number of carbonyl (C=O) groups is 1. The quantitative estimate of drug-likeness (QED) is 0.317. The van der Waals surface area contributed by atoms with Gasteiger partial charge in [0.2, 0.25) is 0 Å². The van der Waals surface area contributed by atoms with E-state index in [1.54, 1.807) is 25.5 Å². The minimum absolute atomic E-state index is 0.183. The van der Waals surface area contributed by atoms with E-state index in [1.807, 2.05) is 72.9 Å². The third kappa shape index (κ3) is 3.87. The normalized spacial score (nSPS) is 10.6. The maximum absolute atomic E-state index is 12.4. The van der Waals surface area contributed by atoms with Crippen LogP contribution in [0.4, 0.5) is 11.4 Å². The molecule has 1 amide bonds. The van der Waals surface area contributed by atoms with E-state index in [9.17, 15) is 10.1 Å². The van der Waals surface area contributed by atoms with Gasteiger partial charge in [-0.15, -0.1) is 0 Å². The number of aromatic nitrogens is 2. The van der Waals surface area contributed by atoms with Gasteiger partial charge in [-0.2, -0.15) is 5.26 Å². The maximum Gasteiger partial charge on any atom is 0.251 e. The number of fused-ring (bicyclic) bond motifs is 1. The van der Waals surface area contributed by atoms with Gasteiger partial charge in [0.25, 0.3) is 5.91 Å². The molecule has 6 heteroatoms. The zero-order chi connectivity index (χ0) is 23.5. The van der Waals surface area contributed by atoms with E-state index in [4.69, 9.17) is 0 Å². The number of nitriles is 1. The van der Waals surface area contributed by atoms with Crippen molar-refractivity contribution in [2.75, 3.05) is 12.4 Å². The number of hydrogen-bond acceptors (Lipinski definition) is 4. The van der Waals surface area contributed by atoms with E-state index in [1.165, 1.54) is 0 Å². The molecular formula is C28H21N5O. The molecule has 3 aromatic carbocycles. The molecule has 0 saturated carbocycles. The van der Waals surface area contributed by atoms with Gasteiger partial charge in [0.1, 0.15) is 6.07 Å². The summed E-state index contributed by atoms with van der Waals surface area (Å²) in [6.07, 6.45) is 5.17. The summed E-state index contributed by atoms with van der Waals surface area (Å²) >= 11 is 0. The zero-order valence-electron chi connectivity index (χ0n) is 18.5. The first-order valence-electron chi connectivity index (χ1n) is 10.8. The van der Waals surface area contributed by atoms with Crippen LogP contribution in [0.1, 0.15) is 15.9 Å². The minimum atomic E-state index is -0.183. The number of nitrogens with one attached hydrogen (secondary N) is 3. The molecule has 0 atom stereocenters. The molecule has 3 N–H and O–H groups in total. The van der Waals surface area contributed by atoms with Crippen LogP contribution in [-0.2, 0) is 0 Å². The third-order valence-corrected chi connectivity index (χ3v) is 5.77. The summed E-state index contributed by atoms with van der Waals surface area (Å²) in [6, 6.07) is 25.8. The molecule has 0 aliphatic carbocycles. The second kappa shape index (κ2) is 8.93. The number of carbonyl (C=O) groups excluding carboxylic acids is 1. The Morgan fingerprint density at radius 1 is 0.941 bits per heavy atom. The Balaban J connectivity index is 1.71. The molecule has 0 spiro atoms. The first-order valence-corrected chi connectivity index (χ1v) is 10.8. The predicted octanol–water partition coefficient (Wildman–Crippen LogP) is 5.87. The molecule has 5 aromatic rings. The van der Waals surface area contributed by atoms with E-state index in [0.717, 1.165) is 38.8 Å². The van der Waals surface area contributed by atoms with Gasteiger partial charge in [-0.3, -0.25) is 9.78 Å². The first-order chi connectivity index (χ1) is 16.7. The monoisotopic (exact) mass is 443 g/mol. The lowest BCUT2D eigenvalue weighted by atomic mass is 9.91. The van der Waals surface area contributed by atoms with Crippen LogP contribution in [-0.4, -0.2) is 22.9 Å². The van der Waals surface area contributed by atoms with Crippen LogP contribution in [0.5, 0.6) is 0 Å². The highest BCUT2D eigenvalue weighted by Gasteiger charge is 2.18. The van der Waals surface area contributed by atoms with Gasteiger partial charge in [0.15, 0.2) is 0 Å². The number of hydrogen-bond donors (Lipinski definition) is 3. The summed E-state index contributed by atoms with van der Waals surface area (Å²) in [6.45, 7) is 0. The lowest BCUT2D eigenvalue weighted by Crippen LogP contribution is -2.17. The number of anilines is 2. The molecule has 0 aliphatic heterocycles. The van der Waals surface area contributed by atoms with E-state index in [-0.39, 0.29) is 5.91 Å². The molecule has 34 heavy (non-hydrogen) atoms. The smallest absolute Gasteiger partial charge is 0.251 e. The fourth-order valence-corrected chi connectivity index (χ4v) is 4.08. The SMILES string of the molecule is CNC(=O)c1ccc(-c2ccccc2)c(-c2cncc(C#N)c2Nc2ccc3[nH]ccc3c2)c1. The molecule has 0 radical (unpaired) electrons. The minimum Gasteiger partial charge on any atom is -0.361 e. The van der Waals surface area contributed by atoms with Gasteiger partial charge in [0.05, 0.1) is 11.3 Å². The lowest BCUT2D eigenvalue weighted by Gasteiger charge is -2.17. The first kappa shape index (κ1) is 21.0. The van der Waals surface area contributed by atoms with Crippen molar-refractivity contribution < 1.29 is 4.79 Å². The van der Waals surface area contributed by atoms with Crippen molar-refractivity contribution in [2.24, 2.45) is 0 Å². The molecule has 0 fully saturated rings. The van der Waals surface area contributed by atoms with Gasteiger partial charge < -0.3 is 15.6 Å². The van der Waals surface area contributed by atoms with Crippen molar-refractivity contribution >= 4 is 28.2 Å². The molecule has 0 unspecified atom stereocenters. The number of rotatable bonds is 5. The van der Waals surface area contributed by atoms with Crippen molar-refractivity contribution in [1.29, 1.82) is 5.26 Å². The molecule has 6 nitrogen and oxygen atoms in total. The molecule has 5 rings (SSSR count). The summed E-state index contributed by atoms with van der Waals surface area (Å²) in [5, 5.41) is 17.1. The standard InChI is InChI=1S/C28H21N5O/c1-30-28(34)20-7-9-23(18-5-3-2-4-6-18)24(14-20)25-17-31-16-21(15-29)27(25)33-22-8-10-26-19(13-22)11-12-32-26/h2-14,16-17,32H,1H3,(H,30,34)(H,31,33). The van der Waals surface area contributed by atoms with E-state index < -0.39 is 0 Å². The van der Waals surface area contributed by atoms with Gasteiger partial charge in [-0.25, -0.2) is 0 Å². The summed E-state index contributed by atoms with van der Waals surface area (Å²) in [4.78, 5) is 20.0. The number of pyridine rings is 1. The van der Waals surface area contributed by atoms with Gasteiger partial charge in [-0.05, 0) is 53.1 Å². The molecular weight excluding hydrogens is 422 g/mol.